The Morgan fingerprint density at radius 3 is 2.46 bits per heavy atom. The Balaban J connectivity index is 1.50. The quantitative estimate of drug-likeness (QED) is 0.343. The van der Waals surface area contributed by atoms with Crippen molar-refractivity contribution in [3.05, 3.63) is 65.9 Å². The number of aromatic nitrogens is 1. The number of benzene rings is 2. The fourth-order valence-electron chi connectivity index (χ4n) is 3.48. The van der Waals surface area contributed by atoms with Crippen molar-refractivity contribution in [1.82, 2.24) is 14.4 Å². The van der Waals surface area contributed by atoms with Crippen molar-refractivity contribution >= 4 is 33.0 Å². The van der Waals surface area contributed by atoms with Gasteiger partial charge in [0.25, 0.3) is 10.0 Å². The predicted molar refractivity (Wildman–Crippen MR) is 126 cm³/mol. The second-order valence-electron chi connectivity index (χ2n) is 7.94. The van der Waals surface area contributed by atoms with Gasteiger partial charge in [-0.3, -0.25) is 9.78 Å². The number of nitrogens with zero attached hydrogens (tertiary/aromatic N) is 3. The van der Waals surface area contributed by atoms with Crippen LogP contribution in [0.1, 0.15) is 17.7 Å². The second kappa shape index (κ2) is 10.3. The Kier molecular flexibility index (Phi) is 7.17. The third-order valence-corrected chi connectivity index (χ3v) is 7.10. The topological polar surface area (TPSA) is 115 Å². The molecule has 0 saturated carbocycles. The third kappa shape index (κ3) is 5.52. The predicted octanol–water partition coefficient (Wildman–Crippen LogP) is 3.04. The van der Waals surface area contributed by atoms with Gasteiger partial charge in [0.05, 0.1) is 17.5 Å². The van der Waals surface area contributed by atoms with E-state index in [1.807, 2.05) is 37.3 Å². The first-order valence-corrected chi connectivity index (χ1v) is 12.4. The number of pyridine rings is 1. The summed E-state index contributed by atoms with van der Waals surface area (Å²) >= 11 is 0. The summed E-state index contributed by atoms with van der Waals surface area (Å²) in [5.74, 6) is -0.426. The Morgan fingerprint density at radius 1 is 1.09 bits per heavy atom. The van der Waals surface area contributed by atoms with Crippen LogP contribution in [0.15, 0.2) is 59.5 Å². The summed E-state index contributed by atoms with van der Waals surface area (Å²) in [5, 5.41) is 0.972. The number of hydrogen-bond acceptors (Lipinski definition) is 8. The number of amides is 1. The number of hydrogen-bond donors (Lipinski definition) is 0. The molecule has 0 N–H and O–H groups in total. The van der Waals surface area contributed by atoms with Crippen molar-refractivity contribution in [2.45, 2.75) is 24.8 Å². The summed E-state index contributed by atoms with van der Waals surface area (Å²) < 4.78 is 37.0. The first-order chi connectivity index (χ1) is 16.8. The molecule has 1 saturated heterocycles. The molecule has 0 atom stereocenters. The van der Waals surface area contributed by atoms with Crippen LogP contribution in [-0.2, 0) is 31.0 Å². The smallest absolute Gasteiger partial charge is 0.429 e. The Morgan fingerprint density at radius 2 is 1.80 bits per heavy atom. The lowest BCUT2D eigenvalue weighted by atomic mass is 10.1. The van der Waals surface area contributed by atoms with Crippen LogP contribution in [0.2, 0.25) is 0 Å². The fourth-order valence-corrected chi connectivity index (χ4v) is 4.63. The molecular weight excluding hydrogens is 474 g/mol. The molecule has 10 nitrogen and oxygen atoms in total. The number of para-hydroxylation sites is 1. The molecule has 1 aliphatic rings. The van der Waals surface area contributed by atoms with Crippen molar-refractivity contribution in [1.29, 1.82) is 0 Å². The molecule has 2 aromatic carbocycles. The minimum atomic E-state index is -4.34. The van der Waals surface area contributed by atoms with Gasteiger partial charge in [-0.2, -0.15) is 0 Å². The van der Waals surface area contributed by atoms with E-state index in [0.717, 1.165) is 35.7 Å². The van der Waals surface area contributed by atoms with Crippen LogP contribution < -0.4 is 4.74 Å². The maximum Gasteiger partial charge on any atom is 0.429 e. The minimum absolute atomic E-state index is 0.171. The van der Waals surface area contributed by atoms with Gasteiger partial charge in [0, 0.05) is 29.7 Å². The number of hydroxylamine groups is 1. The summed E-state index contributed by atoms with van der Waals surface area (Å²) in [4.78, 5) is 34.7. The normalized spacial score (nSPS) is 13.4. The first-order valence-electron chi connectivity index (χ1n) is 10.9. The lowest BCUT2D eigenvalue weighted by Gasteiger charge is -2.31. The van der Waals surface area contributed by atoms with E-state index in [0.29, 0.717) is 23.3 Å². The molecule has 2 heterocycles. The number of esters is 1. The molecule has 1 aliphatic heterocycles. The van der Waals surface area contributed by atoms with Gasteiger partial charge in [0.1, 0.15) is 18.9 Å². The Labute approximate surface area is 203 Å². The first kappa shape index (κ1) is 24.4. The molecule has 11 heteroatoms. The molecule has 35 heavy (non-hydrogen) atoms. The number of carbonyl (C=O) groups is 2. The largest absolute Gasteiger partial charge is 0.489 e. The average Bonchev–Trinajstić information content (AvgIpc) is 2.81. The zero-order chi connectivity index (χ0) is 25.0. The summed E-state index contributed by atoms with van der Waals surface area (Å²) in [5.41, 5.74) is 2.68. The minimum Gasteiger partial charge on any atom is -0.489 e. The molecule has 0 unspecified atom stereocenters. The van der Waals surface area contributed by atoms with Crippen LogP contribution >= 0.6 is 0 Å². The molecular formula is C24H25N3O7S. The lowest BCUT2D eigenvalue weighted by molar-refractivity contribution is -0.147. The van der Waals surface area contributed by atoms with E-state index in [9.17, 15) is 18.0 Å². The van der Waals surface area contributed by atoms with Crippen LogP contribution in [0.3, 0.4) is 0 Å². The summed E-state index contributed by atoms with van der Waals surface area (Å²) in [6.45, 7) is 2.32. The van der Waals surface area contributed by atoms with E-state index in [-0.39, 0.29) is 11.5 Å². The number of methoxy groups -OCH3 is 1. The molecule has 0 bridgehead atoms. The van der Waals surface area contributed by atoms with Crippen molar-refractivity contribution in [3.8, 4) is 5.75 Å². The molecule has 1 fully saturated rings. The third-order valence-electron chi connectivity index (χ3n) is 5.49. The van der Waals surface area contributed by atoms with Gasteiger partial charge in [-0.15, -0.1) is 0 Å². The van der Waals surface area contributed by atoms with E-state index in [2.05, 4.69) is 9.72 Å². The van der Waals surface area contributed by atoms with E-state index in [4.69, 9.17) is 9.57 Å². The highest BCUT2D eigenvalue weighted by atomic mass is 32.2. The van der Waals surface area contributed by atoms with Gasteiger partial charge < -0.3 is 19.2 Å². The van der Waals surface area contributed by atoms with E-state index in [1.54, 1.807) is 0 Å². The Bertz CT molecular complexity index is 1340. The number of rotatable bonds is 8. The molecule has 1 amide bonds. The van der Waals surface area contributed by atoms with E-state index in [1.165, 1.54) is 29.2 Å². The summed E-state index contributed by atoms with van der Waals surface area (Å²) in [7, 11) is -3.22. The zero-order valence-electron chi connectivity index (χ0n) is 19.3. The molecule has 3 aromatic rings. The van der Waals surface area contributed by atoms with E-state index < -0.39 is 28.6 Å². The molecule has 0 spiro atoms. The zero-order valence-corrected chi connectivity index (χ0v) is 20.2. The van der Waals surface area contributed by atoms with Gasteiger partial charge >= 0.3 is 12.1 Å². The van der Waals surface area contributed by atoms with Crippen molar-refractivity contribution in [2.24, 2.45) is 0 Å². The number of likely N-dealkylation sites (tertiary alicyclic amines) is 1. The van der Waals surface area contributed by atoms with Crippen LogP contribution in [-0.4, -0.2) is 61.6 Å². The molecule has 184 valence electrons. The van der Waals surface area contributed by atoms with Crippen LogP contribution in [0, 0.1) is 6.92 Å². The van der Waals surface area contributed by atoms with Gasteiger partial charge in [-0.1, -0.05) is 18.2 Å². The molecule has 0 aliphatic carbocycles. The van der Waals surface area contributed by atoms with Gasteiger partial charge in [-0.25, -0.2) is 13.2 Å². The van der Waals surface area contributed by atoms with Crippen LogP contribution in [0.5, 0.6) is 5.75 Å². The highest BCUT2D eigenvalue weighted by Gasteiger charge is 2.34. The number of sulfonamides is 1. The van der Waals surface area contributed by atoms with Crippen molar-refractivity contribution in [3.63, 3.8) is 0 Å². The van der Waals surface area contributed by atoms with Gasteiger partial charge in [-0.05, 0) is 54.2 Å². The fraction of sp³-hybridized carbons (Fsp3) is 0.292. The maximum atomic E-state index is 13.1. The Hall–Kier alpha value is -3.70. The van der Waals surface area contributed by atoms with Crippen molar-refractivity contribution in [2.75, 3.05) is 26.7 Å². The number of ether oxygens (including phenoxy) is 2. The van der Waals surface area contributed by atoms with Gasteiger partial charge in [0.15, 0.2) is 0 Å². The maximum absolute atomic E-state index is 13.1. The monoisotopic (exact) mass is 499 g/mol. The number of carbonyl (C=O) groups excluding carboxylic acids is 2. The SMILES string of the molecule is COC(=O)CN(OC(=O)N1CCC1)S(=O)(=O)c1ccc(OCc2cc(C)nc3ccccc23)cc1. The summed E-state index contributed by atoms with van der Waals surface area (Å²) in [6, 6.07) is 15.3. The highest BCUT2D eigenvalue weighted by Crippen LogP contribution is 2.24. The van der Waals surface area contributed by atoms with Gasteiger partial charge in [0.2, 0.25) is 0 Å². The van der Waals surface area contributed by atoms with Crippen LogP contribution in [0.25, 0.3) is 10.9 Å². The van der Waals surface area contributed by atoms with E-state index >= 15 is 0 Å². The standard InChI is InChI=1S/C24H25N3O7S/c1-17-14-18(21-6-3-4-7-22(21)25-17)16-33-19-8-10-20(11-9-19)35(30,31)27(15-23(28)32-2)34-24(29)26-12-5-13-26/h3-4,6-11,14H,5,12-13,15-16H2,1-2H3. The second-order valence-corrected chi connectivity index (χ2v) is 9.77. The number of aryl methyl sites for hydroxylation is 1. The summed E-state index contributed by atoms with van der Waals surface area (Å²) in [6.07, 6.45) is -0.0432. The molecule has 4 rings (SSSR count). The van der Waals surface area contributed by atoms with Crippen molar-refractivity contribution < 1.29 is 32.3 Å². The lowest BCUT2D eigenvalue weighted by Crippen LogP contribution is -2.47. The molecule has 0 radical (unpaired) electrons. The number of fused-ring (bicyclic) bond motifs is 1. The molecule has 1 aromatic heterocycles. The highest BCUT2D eigenvalue weighted by molar-refractivity contribution is 7.89. The van der Waals surface area contributed by atoms with Crippen LogP contribution in [0.4, 0.5) is 4.79 Å². The average molecular weight is 500 g/mol.